The molecule has 1 N–H and O–H groups in total. The lowest BCUT2D eigenvalue weighted by Crippen LogP contribution is -2.43. The highest BCUT2D eigenvalue weighted by Gasteiger charge is 2.35. The molecule has 0 aromatic rings. The Bertz CT molecular complexity index is 190. The summed E-state index contributed by atoms with van der Waals surface area (Å²) in [6, 6.07) is 1.62. The van der Waals surface area contributed by atoms with Crippen molar-refractivity contribution >= 4 is 0 Å². The van der Waals surface area contributed by atoms with E-state index in [-0.39, 0.29) is 0 Å². The second-order valence-corrected chi connectivity index (χ2v) is 6.29. The van der Waals surface area contributed by atoms with Gasteiger partial charge in [-0.05, 0) is 31.1 Å². The average molecular weight is 209 g/mol. The Morgan fingerprint density at radius 3 is 2.07 bits per heavy atom. The van der Waals surface area contributed by atoms with Crippen LogP contribution in [0.15, 0.2) is 0 Å². The zero-order valence-electron chi connectivity index (χ0n) is 10.5. The molecule has 0 aromatic carbocycles. The summed E-state index contributed by atoms with van der Waals surface area (Å²) in [5.41, 5.74) is 0.548. The van der Waals surface area contributed by atoms with Crippen LogP contribution in [0.5, 0.6) is 0 Å². The molecule has 0 saturated heterocycles. The van der Waals surface area contributed by atoms with Gasteiger partial charge in [0.1, 0.15) is 0 Å². The zero-order chi connectivity index (χ0) is 10.7. The molecule has 1 heteroatoms. The molecule has 0 bridgehead atoms. The topological polar surface area (TPSA) is 12.0 Å². The number of hydrogen-bond donors (Lipinski definition) is 1. The largest absolute Gasteiger partial charge is 0.311 e. The fourth-order valence-electron chi connectivity index (χ4n) is 3.37. The second kappa shape index (κ2) is 4.86. The lowest BCUT2D eigenvalue weighted by atomic mass is 9.86. The van der Waals surface area contributed by atoms with E-state index in [1.165, 1.54) is 57.8 Å². The minimum atomic E-state index is 0.548. The van der Waals surface area contributed by atoms with Gasteiger partial charge in [-0.15, -0.1) is 0 Å². The minimum absolute atomic E-state index is 0.548. The third-order valence-electron chi connectivity index (χ3n) is 4.55. The van der Waals surface area contributed by atoms with Gasteiger partial charge in [-0.3, -0.25) is 0 Å². The van der Waals surface area contributed by atoms with Crippen LogP contribution in [0.25, 0.3) is 0 Å². The van der Waals surface area contributed by atoms with Crippen molar-refractivity contribution in [2.75, 3.05) is 0 Å². The third kappa shape index (κ3) is 2.96. The molecule has 2 fully saturated rings. The maximum absolute atomic E-state index is 3.95. The zero-order valence-corrected chi connectivity index (χ0v) is 10.5. The maximum Gasteiger partial charge on any atom is 0.0121 e. The number of rotatable bonds is 2. The Hall–Kier alpha value is -0.0400. The van der Waals surface area contributed by atoms with Crippen molar-refractivity contribution in [1.29, 1.82) is 0 Å². The SMILES string of the molecule is CC1(C)CCCC1NC1CCCCCC1. The average Bonchev–Trinajstić information content (AvgIpc) is 2.43. The van der Waals surface area contributed by atoms with Gasteiger partial charge in [-0.2, -0.15) is 0 Å². The van der Waals surface area contributed by atoms with Crippen molar-refractivity contribution in [3.8, 4) is 0 Å². The van der Waals surface area contributed by atoms with E-state index in [1.807, 2.05) is 0 Å². The van der Waals surface area contributed by atoms with E-state index in [2.05, 4.69) is 19.2 Å². The highest BCUT2D eigenvalue weighted by atomic mass is 15.0. The molecule has 0 aliphatic heterocycles. The fourth-order valence-corrected chi connectivity index (χ4v) is 3.37. The lowest BCUT2D eigenvalue weighted by molar-refractivity contribution is 0.252. The number of nitrogens with one attached hydrogen (secondary N) is 1. The molecule has 0 amide bonds. The van der Waals surface area contributed by atoms with E-state index in [0.29, 0.717) is 5.41 Å². The first-order chi connectivity index (χ1) is 7.18. The normalized spacial score (nSPS) is 32.8. The molecular weight excluding hydrogens is 182 g/mol. The second-order valence-electron chi connectivity index (χ2n) is 6.29. The first-order valence-corrected chi connectivity index (χ1v) is 6.94. The Kier molecular flexibility index (Phi) is 3.71. The predicted octanol–water partition coefficient (Wildman–Crippen LogP) is 3.88. The van der Waals surface area contributed by atoms with Gasteiger partial charge in [0.25, 0.3) is 0 Å². The highest BCUT2D eigenvalue weighted by Crippen LogP contribution is 2.38. The van der Waals surface area contributed by atoms with Crippen molar-refractivity contribution in [3.63, 3.8) is 0 Å². The van der Waals surface area contributed by atoms with Crippen LogP contribution in [0.3, 0.4) is 0 Å². The summed E-state index contributed by atoms with van der Waals surface area (Å²) >= 11 is 0. The van der Waals surface area contributed by atoms with Crippen molar-refractivity contribution in [2.24, 2.45) is 5.41 Å². The van der Waals surface area contributed by atoms with E-state index in [9.17, 15) is 0 Å². The molecule has 2 rings (SSSR count). The summed E-state index contributed by atoms with van der Waals surface area (Å²) in [5.74, 6) is 0. The van der Waals surface area contributed by atoms with Crippen molar-refractivity contribution < 1.29 is 0 Å². The Balaban J connectivity index is 1.84. The van der Waals surface area contributed by atoms with Gasteiger partial charge in [-0.25, -0.2) is 0 Å². The van der Waals surface area contributed by atoms with Gasteiger partial charge in [0, 0.05) is 12.1 Å². The molecule has 1 nitrogen and oxygen atoms in total. The molecule has 0 radical (unpaired) electrons. The molecule has 1 unspecified atom stereocenters. The summed E-state index contributed by atoms with van der Waals surface area (Å²) < 4.78 is 0. The molecule has 2 aliphatic carbocycles. The van der Waals surface area contributed by atoms with Gasteiger partial charge in [-0.1, -0.05) is 46.0 Å². The highest BCUT2D eigenvalue weighted by molar-refractivity contribution is 4.92. The lowest BCUT2D eigenvalue weighted by Gasteiger charge is -2.31. The van der Waals surface area contributed by atoms with Crippen molar-refractivity contribution in [2.45, 2.75) is 83.7 Å². The molecule has 0 heterocycles. The smallest absolute Gasteiger partial charge is 0.0121 e. The van der Waals surface area contributed by atoms with Crippen LogP contribution in [0.1, 0.15) is 71.6 Å². The molecule has 15 heavy (non-hydrogen) atoms. The van der Waals surface area contributed by atoms with Crippen molar-refractivity contribution in [1.82, 2.24) is 5.32 Å². The molecule has 2 saturated carbocycles. The Labute approximate surface area is 95.0 Å². The van der Waals surface area contributed by atoms with Gasteiger partial charge < -0.3 is 5.32 Å². The summed E-state index contributed by atoms with van der Waals surface area (Å²) in [5, 5.41) is 3.95. The standard InChI is InChI=1S/C14H27N/c1-14(2)11-7-10-13(14)15-12-8-5-3-4-6-9-12/h12-13,15H,3-11H2,1-2H3. The van der Waals surface area contributed by atoms with Gasteiger partial charge >= 0.3 is 0 Å². The molecule has 2 aliphatic rings. The first-order valence-electron chi connectivity index (χ1n) is 6.94. The quantitative estimate of drug-likeness (QED) is 0.681. The van der Waals surface area contributed by atoms with Crippen LogP contribution in [0.2, 0.25) is 0 Å². The van der Waals surface area contributed by atoms with Gasteiger partial charge in [0.05, 0.1) is 0 Å². The molecule has 1 atom stereocenters. The first kappa shape index (κ1) is 11.4. The van der Waals surface area contributed by atoms with Crippen LogP contribution in [-0.4, -0.2) is 12.1 Å². The van der Waals surface area contributed by atoms with Crippen LogP contribution < -0.4 is 5.32 Å². The summed E-state index contributed by atoms with van der Waals surface area (Å²) in [4.78, 5) is 0. The van der Waals surface area contributed by atoms with E-state index in [4.69, 9.17) is 0 Å². The number of hydrogen-bond acceptors (Lipinski definition) is 1. The molecule has 88 valence electrons. The van der Waals surface area contributed by atoms with Gasteiger partial charge in [0.2, 0.25) is 0 Å². The molecule has 0 spiro atoms. The van der Waals surface area contributed by atoms with E-state index in [0.717, 1.165) is 12.1 Å². The summed E-state index contributed by atoms with van der Waals surface area (Å²) in [6.45, 7) is 4.88. The van der Waals surface area contributed by atoms with Gasteiger partial charge in [0.15, 0.2) is 0 Å². The maximum atomic E-state index is 3.95. The van der Waals surface area contributed by atoms with Crippen LogP contribution in [0, 0.1) is 5.41 Å². The van der Waals surface area contributed by atoms with Crippen LogP contribution in [0.4, 0.5) is 0 Å². The minimum Gasteiger partial charge on any atom is -0.311 e. The molecular formula is C14H27N. The Morgan fingerprint density at radius 2 is 1.53 bits per heavy atom. The van der Waals surface area contributed by atoms with Crippen LogP contribution in [-0.2, 0) is 0 Å². The molecule has 0 aromatic heterocycles. The van der Waals surface area contributed by atoms with E-state index >= 15 is 0 Å². The van der Waals surface area contributed by atoms with E-state index < -0.39 is 0 Å². The monoisotopic (exact) mass is 209 g/mol. The summed E-state index contributed by atoms with van der Waals surface area (Å²) in [7, 11) is 0. The Morgan fingerprint density at radius 1 is 0.867 bits per heavy atom. The van der Waals surface area contributed by atoms with E-state index in [1.54, 1.807) is 0 Å². The predicted molar refractivity (Wildman–Crippen MR) is 66.0 cm³/mol. The third-order valence-corrected chi connectivity index (χ3v) is 4.55. The summed E-state index contributed by atoms with van der Waals surface area (Å²) in [6.07, 6.45) is 12.9. The van der Waals surface area contributed by atoms with Crippen LogP contribution >= 0.6 is 0 Å². The fraction of sp³-hybridized carbons (Fsp3) is 1.00. The van der Waals surface area contributed by atoms with Crippen molar-refractivity contribution in [3.05, 3.63) is 0 Å².